The molecule has 156 valence electrons. The average Bonchev–Trinajstić information content (AvgIpc) is 3.11. The van der Waals surface area contributed by atoms with Crippen LogP contribution in [0.2, 0.25) is 0 Å². The van der Waals surface area contributed by atoms with Crippen LogP contribution < -0.4 is 4.74 Å². The largest absolute Gasteiger partial charge is 0.497 e. The summed E-state index contributed by atoms with van der Waals surface area (Å²) < 4.78 is 13.6. The Kier molecular flexibility index (Phi) is 5.31. The molecule has 2 aromatic heterocycles. The molecule has 8 nitrogen and oxygen atoms in total. The monoisotopic (exact) mass is 399 g/mol. The molecule has 4 rings (SSSR count). The van der Waals surface area contributed by atoms with E-state index in [0.717, 1.165) is 55.3 Å². The minimum Gasteiger partial charge on any atom is -0.497 e. The van der Waals surface area contributed by atoms with Gasteiger partial charge in [0.2, 0.25) is 0 Å². The van der Waals surface area contributed by atoms with Crippen molar-refractivity contribution in [3.8, 4) is 5.75 Å². The number of carbonyl (C=O) groups excluding carboxylic acids is 1. The number of methoxy groups -OCH3 is 1. The van der Waals surface area contributed by atoms with Gasteiger partial charge < -0.3 is 14.4 Å². The number of likely N-dealkylation sites (tertiary alicyclic amines) is 1. The number of hydrogen-bond acceptors (Lipinski definition) is 6. The lowest BCUT2D eigenvalue weighted by molar-refractivity contribution is -0.124. The SMILES string of the molecule is COc1cc(C)nc(CN2CCC3(CC2)Cn2nc(C(=O)N(C)C)cc2CO3)c1. The zero-order valence-electron chi connectivity index (χ0n) is 17.6. The predicted octanol–water partition coefficient (Wildman–Crippen LogP) is 1.86. The average molecular weight is 399 g/mol. The molecule has 1 saturated heterocycles. The van der Waals surface area contributed by atoms with Crippen LogP contribution in [0.3, 0.4) is 0 Å². The predicted molar refractivity (Wildman–Crippen MR) is 108 cm³/mol. The number of ether oxygens (including phenoxy) is 2. The quantitative estimate of drug-likeness (QED) is 0.782. The first-order valence-electron chi connectivity index (χ1n) is 10.0. The minimum absolute atomic E-state index is 0.0724. The summed E-state index contributed by atoms with van der Waals surface area (Å²) in [6, 6.07) is 5.80. The standard InChI is InChI=1S/C21H29N5O3/c1-15-9-18(28-4)10-16(22-15)12-25-7-5-21(6-8-25)14-26-17(13-29-21)11-19(23-26)20(27)24(2)3/h9-11H,5-8,12-14H2,1-4H3. The number of hydrogen-bond donors (Lipinski definition) is 0. The zero-order valence-corrected chi connectivity index (χ0v) is 17.6. The van der Waals surface area contributed by atoms with E-state index >= 15 is 0 Å². The van der Waals surface area contributed by atoms with E-state index in [2.05, 4.69) is 15.0 Å². The van der Waals surface area contributed by atoms with Crippen molar-refractivity contribution >= 4 is 5.91 Å². The van der Waals surface area contributed by atoms with E-state index in [1.54, 1.807) is 26.1 Å². The normalized spacial score (nSPS) is 18.5. The van der Waals surface area contributed by atoms with Gasteiger partial charge in [0.15, 0.2) is 5.69 Å². The van der Waals surface area contributed by atoms with Crippen LogP contribution in [0.1, 0.15) is 40.4 Å². The fourth-order valence-corrected chi connectivity index (χ4v) is 4.14. The van der Waals surface area contributed by atoms with E-state index < -0.39 is 0 Å². The highest BCUT2D eigenvalue weighted by atomic mass is 16.5. The Balaban J connectivity index is 1.40. The van der Waals surface area contributed by atoms with Gasteiger partial charge in [-0.15, -0.1) is 0 Å². The highest BCUT2D eigenvalue weighted by Crippen LogP contribution is 2.33. The Morgan fingerprint density at radius 2 is 2.03 bits per heavy atom. The number of aryl methyl sites for hydroxylation is 1. The summed E-state index contributed by atoms with van der Waals surface area (Å²) in [6.45, 7) is 5.89. The summed E-state index contributed by atoms with van der Waals surface area (Å²) in [6.07, 6.45) is 1.87. The number of pyridine rings is 1. The van der Waals surface area contributed by atoms with Crippen LogP contribution in [0.15, 0.2) is 18.2 Å². The summed E-state index contributed by atoms with van der Waals surface area (Å²) >= 11 is 0. The first-order valence-corrected chi connectivity index (χ1v) is 10.0. The van der Waals surface area contributed by atoms with Gasteiger partial charge in [-0.25, -0.2) is 0 Å². The number of rotatable bonds is 4. The van der Waals surface area contributed by atoms with E-state index in [1.165, 1.54) is 0 Å². The molecule has 4 heterocycles. The molecule has 0 saturated carbocycles. The lowest BCUT2D eigenvalue weighted by Gasteiger charge is -2.43. The third-order valence-corrected chi connectivity index (χ3v) is 5.82. The van der Waals surface area contributed by atoms with Crippen molar-refractivity contribution in [1.29, 1.82) is 0 Å². The van der Waals surface area contributed by atoms with Crippen molar-refractivity contribution in [3.63, 3.8) is 0 Å². The van der Waals surface area contributed by atoms with Gasteiger partial charge >= 0.3 is 0 Å². The van der Waals surface area contributed by atoms with E-state index in [-0.39, 0.29) is 11.5 Å². The summed E-state index contributed by atoms with van der Waals surface area (Å²) in [5, 5.41) is 4.55. The zero-order chi connectivity index (χ0) is 20.6. The first kappa shape index (κ1) is 19.8. The van der Waals surface area contributed by atoms with Crippen molar-refractivity contribution in [2.24, 2.45) is 0 Å². The molecule has 2 aliphatic heterocycles. The van der Waals surface area contributed by atoms with Gasteiger partial charge in [0, 0.05) is 51.6 Å². The van der Waals surface area contributed by atoms with Crippen molar-refractivity contribution < 1.29 is 14.3 Å². The van der Waals surface area contributed by atoms with Gasteiger partial charge in [-0.3, -0.25) is 19.4 Å². The number of fused-ring (bicyclic) bond motifs is 1. The molecule has 0 N–H and O–H groups in total. The topological polar surface area (TPSA) is 72.7 Å². The molecule has 0 aliphatic carbocycles. The first-order chi connectivity index (χ1) is 13.9. The highest BCUT2D eigenvalue weighted by Gasteiger charge is 2.40. The van der Waals surface area contributed by atoms with Gasteiger partial charge in [-0.2, -0.15) is 5.10 Å². The molecule has 1 amide bonds. The maximum absolute atomic E-state index is 12.2. The Labute approximate surface area is 171 Å². The Hall–Kier alpha value is -2.45. The number of piperidine rings is 1. The molecule has 2 aliphatic rings. The van der Waals surface area contributed by atoms with E-state index in [0.29, 0.717) is 18.8 Å². The smallest absolute Gasteiger partial charge is 0.273 e. The summed E-state index contributed by atoms with van der Waals surface area (Å²) in [7, 11) is 5.17. The van der Waals surface area contributed by atoms with Crippen molar-refractivity contribution in [3.05, 3.63) is 41.0 Å². The second-order valence-corrected chi connectivity index (χ2v) is 8.27. The van der Waals surface area contributed by atoms with Crippen LogP contribution in [0, 0.1) is 6.92 Å². The van der Waals surface area contributed by atoms with Crippen molar-refractivity contribution in [2.75, 3.05) is 34.3 Å². The fraction of sp³-hybridized carbons (Fsp3) is 0.571. The minimum atomic E-state index is -0.203. The van der Waals surface area contributed by atoms with Gasteiger partial charge in [-0.1, -0.05) is 0 Å². The van der Waals surface area contributed by atoms with Crippen LogP contribution in [-0.2, 0) is 24.4 Å². The number of carbonyl (C=O) groups is 1. The molecule has 29 heavy (non-hydrogen) atoms. The second-order valence-electron chi connectivity index (χ2n) is 8.27. The Bertz CT molecular complexity index is 900. The molecule has 1 spiro atoms. The molecule has 0 radical (unpaired) electrons. The summed E-state index contributed by atoms with van der Waals surface area (Å²) in [5.74, 6) is 0.780. The number of nitrogens with zero attached hydrogens (tertiary/aromatic N) is 5. The molecular formula is C21H29N5O3. The Morgan fingerprint density at radius 3 is 2.72 bits per heavy atom. The van der Waals surface area contributed by atoms with Crippen molar-refractivity contribution in [1.82, 2.24) is 24.6 Å². The van der Waals surface area contributed by atoms with Crippen molar-refractivity contribution in [2.45, 2.75) is 45.1 Å². The summed E-state index contributed by atoms with van der Waals surface area (Å²) in [4.78, 5) is 20.8. The van der Waals surface area contributed by atoms with E-state index in [4.69, 9.17) is 9.47 Å². The van der Waals surface area contributed by atoms with Crippen LogP contribution in [-0.4, -0.2) is 70.4 Å². The van der Waals surface area contributed by atoms with Gasteiger partial charge in [0.25, 0.3) is 5.91 Å². The molecule has 2 aromatic rings. The van der Waals surface area contributed by atoms with E-state index in [1.807, 2.05) is 29.8 Å². The maximum Gasteiger partial charge on any atom is 0.273 e. The van der Waals surface area contributed by atoms with Gasteiger partial charge in [-0.05, 0) is 25.8 Å². The van der Waals surface area contributed by atoms with Crippen LogP contribution >= 0.6 is 0 Å². The number of amides is 1. The van der Waals surface area contributed by atoms with Gasteiger partial charge in [0.1, 0.15) is 5.75 Å². The fourth-order valence-electron chi connectivity index (χ4n) is 4.14. The molecule has 0 unspecified atom stereocenters. The van der Waals surface area contributed by atoms with Crippen LogP contribution in [0.25, 0.3) is 0 Å². The second kappa shape index (κ2) is 7.76. The highest BCUT2D eigenvalue weighted by molar-refractivity contribution is 5.92. The lowest BCUT2D eigenvalue weighted by atomic mass is 9.90. The third-order valence-electron chi connectivity index (χ3n) is 5.82. The van der Waals surface area contributed by atoms with E-state index in [9.17, 15) is 4.79 Å². The van der Waals surface area contributed by atoms with Gasteiger partial charge in [0.05, 0.1) is 37.3 Å². The molecule has 0 bridgehead atoms. The maximum atomic E-state index is 12.2. The Morgan fingerprint density at radius 1 is 1.28 bits per heavy atom. The molecule has 8 heteroatoms. The molecule has 0 aromatic carbocycles. The van der Waals surface area contributed by atoms with Crippen LogP contribution in [0.4, 0.5) is 0 Å². The molecule has 0 atom stereocenters. The molecule has 1 fully saturated rings. The molecular weight excluding hydrogens is 370 g/mol. The van der Waals surface area contributed by atoms with Crippen LogP contribution in [0.5, 0.6) is 5.75 Å². The third kappa shape index (κ3) is 4.13. The lowest BCUT2D eigenvalue weighted by Crippen LogP contribution is -2.50. The number of aromatic nitrogens is 3. The summed E-state index contributed by atoms with van der Waals surface area (Å²) in [5.41, 5.74) is 3.26.